The number of nitrogens with zero attached hydrogens (tertiary/aromatic N) is 4. The van der Waals surface area contributed by atoms with Crippen LogP contribution in [0.25, 0.3) is 22.3 Å². The minimum atomic E-state index is -1.52. The van der Waals surface area contributed by atoms with Crippen molar-refractivity contribution in [2.75, 3.05) is 0 Å². The van der Waals surface area contributed by atoms with Crippen LogP contribution >= 0.6 is 0 Å². The molecule has 8 heteroatoms. The summed E-state index contributed by atoms with van der Waals surface area (Å²) in [7, 11) is 0. The molecule has 1 aliphatic carbocycles. The summed E-state index contributed by atoms with van der Waals surface area (Å²) in [5.41, 5.74) is -0.422. The maximum Gasteiger partial charge on any atom is 0.278 e. The van der Waals surface area contributed by atoms with E-state index in [0.29, 0.717) is 16.9 Å². The van der Waals surface area contributed by atoms with Crippen LogP contribution < -0.4 is 5.56 Å². The van der Waals surface area contributed by atoms with Crippen LogP contribution in [-0.2, 0) is 5.72 Å². The van der Waals surface area contributed by atoms with E-state index < -0.39 is 5.72 Å². The van der Waals surface area contributed by atoms with Gasteiger partial charge in [0.2, 0.25) is 0 Å². The Balaban J connectivity index is 1.85. The molecular weight excluding hydrogens is 320 g/mol. The van der Waals surface area contributed by atoms with E-state index in [-0.39, 0.29) is 17.9 Å². The van der Waals surface area contributed by atoms with Crippen molar-refractivity contribution in [1.82, 2.24) is 24.7 Å². The highest BCUT2D eigenvalue weighted by Crippen LogP contribution is 2.38. The van der Waals surface area contributed by atoms with E-state index in [0.717, 1.165) is 31.1 Å². The summed E-state index contributed by atoms with van der Waals surface area (Å²) in [5.74, 6) is -0.117. The van der Waals surface area contributed by atoms with E-state index >= 15 is 0 Å². The van der Waals surface area contributed by atoms with E-state index in [1.165, 1.54) is 17.2 Å². The molecule has 1 aliphatic rings. The Morgan fingerprint density at radius 3 is 2.96 bits per heavy atom. The molecule has 0 amide bonds. The minimum absolute atomic E-state index is 0.117. The molecule has 3 aromatic heterocycles. The summed E-state index contributed by atoms with van der Waals surface area (Å²) >= 11 is 0. The minimum Gasteiger partial charge on any atom is -0.368 e. The first kappa shape index (κ1) is 15.6. The second kappa shape index (κ2) is 5.86. The second-order valence-corrected chi connectivity index (χ2v) is 6.48. The van der Waals surface area contributed by atoms with E-state index in [1.54, 1.807) is 12.3 Å². The van der Waals surface area contributed by atoms with Crippen molar-refractivity contribution in [3.8, 4) is 17.3 Å². The lowest BCUT2D eigenvalue weighted by Crippen LogP contribution is -2.45. The van der Waals surface area contributed by atoms with Crippen molar-refractivity contribution in [3.05, 3.63) is 35.1 Å². The van der Waals surface area contributed by atoms with Gasteiger partial charge in [0, 0.05) is 23.7 Å². The molecule has 3 N–H and O–H groups in total. The van der Waals surface area contributed by atoms with Crippen LogP contribution in [0.15, 0.2) is 29.6 Å². The van der Waals surface area contributed by atoms with Gasteiger partial charge in [-0.1, -0.05) is 12.8 Å². The average Bonchev–Trinajstić information content (AvgIpc) is 3.35. The first-order chi connectivity index (χ1) is 12.1. The number of nitrogens with one attached hydrogen (secondary N) is 2. The fourth-order valence-electron chi connectivity index (χ4n) is 3.82. The van der Waals surface area contributed by atoms with Gasteiger partial charge in [-0.2, -0.15) is 5.26 Å². The van der Waals surface area contributed by atoms with Gasteiger partial charge in [-0.25, -0.2) is 14.6 Å². The molecule has 25 heavy (non-hydrogen) atoms. The third-order valence-electron chi connectivity index (χ3n) is 5.12. The van der Waals surface area contributed by atoms with Gasteiger partial charge >= 0.3 is 0 Å². The normalized spacial score (nSPS) is 17.6. The number of aliphatic hydroxyl groups is 1. The van der Waals surface area contributed by atoms with Gasteiger partial charge in [-0.15, -0.1) is 0 Å². The summed E-state index contributed by atoms with van der Waals surface area (Å²) in [6.07, 6.45) is 8.12. The Bertz CT molecular complexity index is 1000. The monoisotopic (exact) mass is 338 g/mol. The fourth-order valence-corrected chi connectivity index (χ4v) is 3.82. The number of rotatable bonds is 4. The SMILES string of the molecule is N#CCC(O)(C1CCCC1)n1[nH]cc(-c2ncnc3[nH]ccc23)c1=O. The summed E-state index contributed by atoms with van der Waals surface area (Å²) in [6, 6.07) is 3.83. The molecule has 0 radical (unpaired) electrons. The van der Waals surface area contributed by atoms with Gasteiger partial charge in [0.1, 0.15) is 12.0 Å². The van der Waals surface area contributed by atoms with Crippen LogP contribution in [0, 0.1) is 17.2 Å². The van der Waals surface area contributed by atoms with Gasteiger partial charge in [-0.05, 0) is 18.9 Å². The van der Waals surface area contributed by atoms with Crippen molar-refractivity contribution >= 4 is 11.0 Å². The number of hydrogen-bond acceptors (Lipinski definition) is 5. The van der Waals surface area contributed by atoms with E-state index in [9.17, 15) is 15.2 Å². The van der Waals surface area contributed by atoms with Crippen molar-refractivity contribution in [2.45, 2.75) is 37.8 Å². The van der Waals surface area contributed by atoms with E-state index in [4.69, 9.17) is 0 Å². The highest BCUT2D eigenvalue weighted by Gasteiger charge is 2.42. The molecular formula is C17H18N6O2. The fraction of sp³-hybridized carbons (Fsp3) is 0.412. The van der Waals surface area contributed by atoms with Gasteiger partial charge < -0.3 is 10.1 Å². The molecule has 1 atom stereocenters. The predicted molar refractivity (Wildman–Crippen MR) is 90.3 cm³/mol. The lowest BCUT2D eigenvalue weighted by atomic mass is 9.91. The third-order valence-corrected chi connectivity index (χ3v) is 5.12. The van der Waals surface area contributed by atoms with Crippen LogP contribution in [0.2, 0.25) is 0 Å². The van der Waals surface area contributed by atoms with Gasteiger partial charge in [0.15, 0.2) is 5.72 Å². The number of nitriles is 1. The zero-order chi connectivity index (χ0) is 17.4. The molecule has 0 bridgehead atoms. The summed E-state index contributed by atoms with van der Waals surface area (Å²) < 4.78 is 1.20. The number of H-pyrrole nitrogens is 2. The van der Waals surface area contributed by atoms with Crippen molar-refractivity contribution < 1.29 is 5.11 Å². The van der Waals surface area contributed by atoms with Gasteiger partial charge in [0.25, 0.3) is 5.56 Å². The largest absolute Gasteiger partial charge is 0.368 e. The third kappa shape index (κ3) is 2.36. The highest BCUT2D eigenvalue weighted by molar-refractivity contribution is 5.89. The molecule has 3 heterocycles. The maximum absolute atomic E-state index is 13.0. The molecule has 8 nitrogen and oxygen atoms in total. The van der Waals surface area contributed by atoms with Crippen LogP contribution in [0.1, 0.15) is 32.1 Å². The molecule has 0 aliphatic heterocycles. The maximum atomic E-state index is 13.0. The second-order valence-electron chi connectivity index (χ2n) is 6.48. The molecule has 4 rings (SSSR count). The topological polar surface area (TPSA) is 123 Å². The molecule has 0 spiro atoms. The number of hydrogen-bond donors (Lipinski definition) is 3. The Kier molecular flexibility index (Phi) is 3.66. The Morgan fingerprint density at radius 1 is 1.40 bits per heavy atom. The van der Waals surface area contributed by atoms with Crippen LogP contribution in [0.3, 0.4) is 0 Å². The zero-order valence-electron chi connectivity index (χ0n) is 13.6. The predicted octanol–water partition coefficient (Wildman–Crippen LogP) is 1.86. The molecule has 0 saturated heterocycles. The first-order valence-electron chi connectivity index (χ1n) is 8.34. The Labute approximate surface area is 143 Å². The number of aromatic amines is 2. The number of fused-ring (bicyclic) bond motifs is 1. The Morgan fingerprint density at radius 2 is 2.20 bits per heavy atom. The standard InChI is InChI=1S/C17H18N6O2/c18-7-6-17(25,11-3-1-2-4-11)23-16(24)13(9-22-23)14-12-5-8-19-15(12)21-10-20-14/h5,8-11,22,25H,1-4,6H2,(H,19,20,21). The molecule has 0 aromatic carbocycles. The number of aromatic nitrogens is 5. The summed E-state index contributed by atoms with van der Waals surface area (Å²) in [4.78, 5) is 24.4. The lowest BCUT2D eigenvalue weighted by molar-refractivity contribution is -0.0983. The summed E-state index contributed by atoms with van der Waals surface area (Å²) in [5, 5.41) is 24.0. The molecule has 128 valence electrons. The van der Waals surface area contributed by atoms with Crippen molar-refractivity contribution in [2.24, 2.45) is 5.92 Å². The van der Waals surface area contributed by atoms with E-state index in [2.05, 4.69) is 20.1 Å². The first-order valence-corrected chi connectivity index (χ1v) is 8.34. The highest BCUT2D eigenvalue weighted by atomic mass is 16.3. The van der Waals surface area contributed by atoms with Crippen molar-refractivity contribution in [1.29, 1.82) is 5.26 Å². The molecule has 1 saturated carbocycles. The average molecular weight is 338 g/mol. The van der Waals surface area contributed by atoms with Crippen LogP contribution in [0.4, 0.5) is 0 Å². The summed E-state index contributed by atoms with van der Waals surface area (Å²) in [6.45, 7) is 0. The van der Waals surface area contributed by atoms with Gasteiger partial charge in [0.05, 0.1) is 23.7 Å². The Hall–Kier alpha value is -2.92. The molecule has 3 aromatic rings. The van der Waals surface area contributed by atoms with Crippen LogP contribution in [-0.4, -0.2) is 29.8 Å². The van der Waals surface area contributed by atoms with Crippen molar-refractivity contribution in [3.63, 3.8) is 0 Å². The van der Waals surface area contributed by atoms with Crippen LogP contribution in [0.5, 0.6) is 0 Å². The molecule has 1 unspecified atom stereocenters. The van der Waals surface area contributed by atoms with Gasteiger partial charge in [-0.3, -0.25) is 9.89 Å². The lowest BCUT2D eigenvalue weighted by Gasteiger charge is -2.32. The van der Waals surface area contributed by atoms with E-state index in [1.807, 2.05) is 6.07 Å². The zero-order valence-corrected chi connectivity index (χ0v) is 13.6. The smallest absolute Gasteiger partial charge is 0.278 e. The molecule has 1 fully saturated rings. The quantitative estimate of drug-likeness (QED) is 0.670.